The van der Waals surface area contributed by atoms with E-state index in [2.05, 4.69) is 4.74 Å². The van der Waals surface area contributed by atoms with E-state index in [-0.39, 0.29) is 47.4 Å². The number of ether oxygens (including phenoxy) is 1. The molecule has 0 aliphatic rings. The van der Waals surface area contributed by atoms with E-state index in [9.17, 15) is 33.9 Å². The van der Waals surface area contributed by atoms with E-state index in [4.69, 9.17) is 25.5 Å². The molecule has 0 aromatic heterocycles. The molecular weight excluding hydrogens is 423 g/mol. The van der Waals surface area contributed by atoms with Gasteiger partial charge in [0.25, 0.3) is 0 Å². The second kappa shape index (κ2) is 14.6. The fourth-order valence-electron chi connectivity index (χ4n) is 1.77. The molecule has 0 saturated heterocycles. The summed E-state index contributed by atoms with van der Waals surface area (Å²) < 4.78 is 4.33. The average Bonchev–Trinajstić information content (AvgIpc) is 2.34. The Morgan fingerprint density at radius 2 is 1.00 bits per heavy atom. The molecule has 1 unspecified atom stereocenters. The number of carbonyl (C=O) groups excluding carboxylic acids is 1. The van der Waals surface area contributed by atoms with Gasteiger partial charge in [-0.25, -0.2) is 9.59 Å². The van der Waals surface area contributed by atoms with Crippen LogP contribution in [0.25, 0.3) is 0 Å². The summed E-state index contributed by atoms with van der Waals surface area (Å²) >= 11 is 0. The average molecular weight is 444 g/mol. The molecule has 0 bridgehead atoms. The molecule has 0 radical (unpaired) electrons. The molecule has 0 heterocycles. The van der Waals surface area contributed by atoms with Crippen molar-refractivity contribution in [2.75, 3.05) is 0 Å². The Hall–Kier alpha value is -2.34. The Labute approximate surface area is 184 Å². The van der Waals surface area contributed by atoms with Crippen molar-refractivity contribution in [1.29, 1.82) is 0 Å². The smallest absolute Gasteiger partial charge is 1.00 e. The van der Waals surface area contributed by atoms with E-state index in [0.29, 0.717) is 0 Å². The molecule has 0 aliphatic carbocycles. The first-order valence-corrected chi connectivity index (χ1v) is 6.30. The number of hydrogen-bond donors (Lipinski definition) is 6. The van der Waals surface area contributed by atoms with Gasteiger partial charge in [-0.05, 0) is 0 Å². The Morgan fingerprint density at radius 1 is 0.655 bits per heavy atom. The number of hydrogen-bond acceptors (Lipinski definition) is 8. The van der Waals surface area contributed by atoms with E-state index < -0.39 is 72.7 Å². The molecule has 0 saturated carbocycles. The second-order valence-electron chi connectivity index (χ2n) is 5.00. The predicted molar refractivity (Wildman–Crippen MR) is 82.4 cm³/mol. The quantitative estimate of drug-likeness (QED) is 0.127. The van der Waals surface area contributed by atoms with E-state index in [1.807, 2.05) is 0 Å². The fraction of sp³-hybridized carbons (Fsp3) is 0.500. The van der Waals surface area contributed by atoms with Gasteiger partial charge in [0.05, 0.1) is 25.7 Å². The van der Waals surface area contributed by atoms with Crippen LogP contribution in [0.5, 0.6) is 0 Å². The Balaban J connectivity index is -0.000000288. The first-order chi connectivity index (χ1) is 11.2. The molecule has 0 spiro atoms. The van der Waals surface area contributed by atoms with Crippen LogP contribution in [-0.4, -0.2) is 94.1 Å². The van der Waals surface area contributed by atoms with Gasteiger partial charge in [-0.3, -0.25) is 19.2 Å². The van der Waals surface area contributed by atoms with Gasteiger partial charge >= 0.3 is 65.4 Å². The molecule has 0 aromatic carbocycles. The topological polar surface area (TPSA) is 328 Å². The van der Waals surface area contributed by atoms with Gasteiger partial charge in [0.15, 0.2) is 5.60 Å². The zero-order chi connectivity index (χ0) is 20.0. The third kappa shape index (κ3) is 12.0. The van der Waals surface area contributed by atoms with E-state index in [1.165, 1.54) is 0 Å². The summed E-state index contributed by atoms with van der Waals surface area (Å²) in [6, 6.07) is 0. The Morgan fingerprint density at radius 3 is 1.24 bits per heavy atom. The summed E-state index contributed by atoms with van der Waals surface area (Å²) in [4.78, 5) is 66.0. The van der Waals surface area contributed by atoms with E-state index >= 15 is 0 Å². The summed E-state index contributed by atoms with van der Waals surface area (Å²) in [5.74, 6) is -11.6. The summed E-state index contributed by atoms with van der Waals surface area (Å²) in [6.45, 7) is 0. The van der Waals surface area contributed by atoms with Crippen LogP contribution in [0.1, 0.15) is 27.1 Å². The molecule has 0 aliphatic heterocycles. The normalized spacial score (nSPS) is 11.5. The fourth-order valence-corrected chi connectivity index (χ4v) is 1.77. The molecule has 0 fully saturated rings. The third-order valence-corrected chi connectivity index (χ3v) is 2.85. The van der Waals surface area contributed by atoms with Crippen LogP contribution in [0.15, 0.2) is 0 Å². The zero-order valence-corrected chi connectivity index (χ0v) is 16.9. The van der Waals surface area contributed by atoms with Crippen molar-refractivity contribution in [2.45, 2.75) is 36.9 Å². The Bertz CT molecular complexity index is 605. The summed E-state index contributed by atoms with van der Waals surface area (Å²) in [6.07, 6.45) is -5.94. The second-order valence-corrected chi connectivity index (χ2v) is 5.00. The molecule has 16 nitrogen and oxygen atoms in total. The van der Waals surface area contributed by atoms with Crippen LogP contribution in [0.4, 0.5) is 0 Å². The van der Waals surface area contributed by atoms with Gasteiger partial charge in [0.1, 0.15) is 0 Å². The molecule has 29 heavy (non-hydrogen) atoms. The van der Waals surface area contributed by atoms with Gasteiger partial charge in [-0.1, -0.05) is 0 Å². The molecule has 17 heteroatoms. The van der Waals surface area contributed by atoms with Gasteiger partial charge < -0.3 is 53.2 Å². The molecular formula is C12H21NaO16. The number of esters is 1. The largest absolute Gasteiger partial charge is 1.00 e. The molecule has 0 amide bonds. The maximum absolute atomic E-state index is 11.7. The van der Waals surface area contributed by atoms with E-state index in [0.717, 1.165) is 0 Å². The predicted octanol–water partition coefficient (Wildman–Crippen LogP) is -7.37. The first kappa shape index (κ1) is 37.4. The van der Waals surface area contributed by atoms with Crippen molar-refractivity contribution < 1.29 is 112 Å². The van der Waals surface area contributed by atoms with Crippen molar-refractivity contribution in [1.82, 2.24) is 0 Å². The minimum atomic E-state index is -3.17. The van der Waals surface area contributed by atoms with Gasteiger partial charge in [0, 0.05) is 0 Å². The van der Waals surface area contributed by atoms with Crippen molar-refractivity contribution >= 4 is 35.8 Å². The van der Waals surface area contributed by atoms with Crippen LogP contribution >= 0.6 is 0 Å². The van der Waals surface area contributed by atoms with Crippen molar-refractivity contribution in [3.8, 4) is 0 Å². The van der Waals surface area contributed by atoms with Crippen LogP contribution in [0, 0.1) is 0 Å². The van der Waals surface area contributed by atoms with Gasteiger partial charge in [-0.15, -0.1) is 0 Å². The first-order valence-electron chi connectivity index (χ1n) is 6.30. The van der Waals surface area contributed by atoms with Crippen LogP contribution in [-0.2, 0) is 33.5 Å². The number of rotatable bonds is 11. The van der Waals surface area contributed by atoms with Crippen LogP contribution in [0.3, 0.4) is 0 Å². The number of carboxylic acids is 5. The Kier molecular flexibility index (Phi) is 18.9. The molecule has 1 atom stereocenters. The van der Waals surface area contributed by atoms with Gasteiger partial charge in [0.2, 0.25) is 5.60 Å². The van der Waals surface area contributed by atoms with Crippen LogP contribution < -0.4 is 29.6 Å². The molecule has 166 valence electrons. The van der Waals surface area contributed by atoms with Crippen molar-refractivity contribution in [2.24, 2.45) is 0 Å². The maximum atomic E-state index is 11.7. The standard InChI is InChI=1S/C12H14O13.Na.3H2O.H/c13-5(14)1-11(24,9(20)21)4-8(19)25-12(10(22)23,2-6(15)16)3-7(17)18;;;;;/h24H,1-4H2,(H,13,14)(H,15,16)(H,17,18)(H,20,21)(H,22,23);;3*1H2;/q;+1;;;;-1. The third-order valence-electron chi connectivity index (χ3n) is 2.85. The number of aliphatic hydroxyl groups is 1. The van der Waals surface area contributed by atoms with Gasteiger partial charge in [-0.2, -0.15) is 0 Å². The monoisotopic (exact) mass is 444 g/mol. The summed E-state index contributed by atoms with van der Waals surface area (Å²) in [5, 5.41) is 53.5. The minimum absolute atomic E-state index is 0. The summed E-state index contributed by atoms with van der Waals surface area (Å²) in [7, 11) is 0. The minimum Gasteiger partial charge on any atom is -1.00 e. The number of carbonyl (C=O) groups is 6. The van der Waals surface area contributed by atoms with Crippen molar-refractivity contribution in [3.05, 3.63) is 0 Å². The number of aliphatic carboxylic acids is 5. The van der Waals surface area contributed by atoms with Crippen LogP contribution in [0.2, 0.25) is 0 Å². The number of carboxylic acid groups (broad SMARTS) is 5. The summed E-state index contributed by atoms with van der Waals surface area (Å²) in [5.41, 5.74) is -6.24. The SMILES string of the molecule is O.O.O.O=C(O)CC(O)(CC(=O)OC(CC(=O)O)(CC(=O)O)C(=O)O)C(=O)O.[H-].[Na+]. The molecule has 0 rings (SSSR count). The van der Waals surface area contributed by atoms with Crippen molar-refractivity contribution in [3.63, 3.8) is 0 Å². The maximum Gasteiger partial charge on any atom is 1.00 e. The van der Waals surface area contributed by atoms with E-state index in [1.54, 1.807) is 0 Å². The molecule has 0 aromatic rings. The molecule has 12 N–H and O–H groups in total. The zero-order valence-electron chi connectivity index (χ0n) is 15.9.